The Labute approximate surface area is 365 Å². The molecule has 4 rings (SSSR count). The number of hydrogen-bond acceptors (Lipinski definition) is 7. The third kappa shape index (κ3) is 16.4. The van der Waals surface area contributed by atoms with Crippen molar-refractivity contribution in [3.63, 3.8) is 0 Å². The zero-order chi connectivity index (χ0) is 45.3. The Bertz CT molecular complexity index is 1600. The van der Waals surface area contributed by atoms with Gasteiger partial charge < -0.3 is 25.6 Å². The molecule has 338 valence electrons. The maximum Gasteiger partial charge on any atom is 0.410 e. The summed E-state index contributed by atoms with van der Waals surface area (Å²) in [6.07, 6.45) is 26.3. The van der Waals surface area contributed by atoms with Gasteiger partial charge in [-0.3, -0.25) is 19.1 Å². The third-order valence-electron chi connectivity index (χ3n) is 10.7. The molecule has 2 saturated carbocycles. The molecule has 0 spiro atoms. The minimum absolute atomic E-state index is 0.0185. The molecule has 4 aliphatic rings. The standard InChI is InChI=1S/C42H61N5O6S.3C2H6/c1-6-10-13-14-15-16-17-20-35(43)38(49)47-30-34(53-40(51)46-26-21-33(29-46)31(5)18-11-7-2)27-36(47)37(48)44-42(24-25-42)39(50)45-54(52)41(22-23-41)28-32(9-4)19-12-8-3;3*1-2/h7-13,18-19,21,34-36H,4,6,14-17,20,22-30,43H2,1-3,5H3,(H,44,48)(H,45,50);3*1-2H3/b11-7-,12-8-,13-10-,31-18-,32-19+;;;. The molecule has 0 aromatic carbocycles. The first kappa shape index (κ1) is 54.0. The van der Waals surface area contributed by atoms with Crippen LogP contribution in [0.3, 0.4) is 0 Å². The van der Waals surface area contributed by atoms with Crippen molar-refractivity contribution in [1.82, 2.24) is 19.8 Å². The molecular formula is C48H79N5O6S. The van der Waals surface area contributed by atoms with Crippen molar-refractivity contribution in [1.29, 1.82) is 0 Å². The zero-order valence-electron chi connectivity index (χ0n) is 38.6. The number of carbonyl (C=O) groups is 4. The molecule has 2 heterocycles. The molecule has 0 radical (unpaired) electrons. The molecule has 12 heteroatoms. The van der Waals surface area contributed by atoms with Crippen molar-refractivity contribution in [3.8, 4) is 0 Å². The number of nitrogens with two attached hydrogens (primary N) is 1. The molecule has 60 heavy (non-hydrogen) atoms. The number of carbonyl (C=O) groups excluding carboxylic acids is 4. The van der Waals surface area contributed by atoms with Gasteiger partial charge in [-0.2, -0.15) is 0 Å². The Morgan fingerprint density at radius 3 is 2.22 bits per heavy atom. The van der Waals surface area contributed by atoms with E-state index in [9.17, 15) is 23.4 Å². The van der Waals surface area contributed by atoms with Gasteiger partial charge in [0.15, 0.2) is 0 Å². The van der Waals surface area contributed by atoms with Crippen molar-refractivity contribution in [3.05, 3.63) is 84.1 Å². The summed E-state index contributed by atoms with van der Waals surface area (Å²) in [5, 5.41) is 2.90. The number of amides is 4. The van der Waals surface area contributed by atoms with Crippen LogP contribution < -0.4 is 15.8 Å². The van der Waals surface area contributed by atoms with Crippen LogP contribution in [0.4, 0.5) is 4.79 Å². The molecular weight excluding hydrogens is 775 g/mol. The molecule has 4 N–H and O–H groups in total. The van der Waals surface area contributed by atoms with Gasteiger partial charge in [-0.05, 0) is 95.3 Å². The van der Waals surface area contributed by atoms with E-state index >= 15 is 0 Å². The van der Waals surface area contributed by atoms with Gasteiger partial charge in [-0.25, -0.2) is 9.00 Å². The van der Waals surface area contributed by atoms with Crippen LogP contribution in [0.25, 0.3) is 0 Å². The Balaban J connectivity index is 0.00000287. The van der Waals surface area contributed by atoms with Crippen LogP contribution in [-0.4, -0.2) is 85.9 Å². The lowest BCUT2D eigenvalue weighted by atomic mass is 10.1. The first-order valence-corrected chi connectivity index (χ1v) is 23.7. The highest BCUT2D eigenvalue weighted by atomic mass is 32.2. The van der Waals surface area contributed by atoms with Gasteiger partial charge >= 0.3 is 6.09 Å². The lowest BCUT2D eigenvalue weighted by Gasteiger charge is -2.28. The average molecular weight is 854 g/mol. The van der Waals surface area contributed by atoms with Crippen LogP contribution in [0.1, 0.15) is 146 Å². The lowest BCUT2D eigenvalue weighted by Crippen LogP contribution is -2.57. The van der Waals surface area contributed by atoms with E-state index in [0.29, 0.717) is 51.6 Å². The summed E-state index contributed by atoms with van der Waals surface area (Å²) in [5.74, 6) is -1.41. The van der Waals surface area contributed by atoms with Crippen molar-refractivity contribution in [2.75, 3.05) is 19.6 Å². The van der Waals surface area contributed by atoms with E-state index in [2.05, 4.69) is 35.7 Å². The minimum atomic E-state index is -1.67. The average Bonchev–Trinajstić information content (AvgIpc) is 4.13. The third-order valence-corrected chi connectivity index (χ3v) is 12.4. The molecule has 1 saturated heterocycles. The maximum atomic E-state index is 14.0. The Morgan fingerprint density at radius 1 is 0.983 bits per heavy atom. The quantitative estimate of drug-likeness (QED) is 0.0628. The van der Waals surface area contributed by atoms with E-state index < -0.39 is 57.4 Å². The second-order valence-corrected chi connectivity index (χ2v) is 16.6. The van der Waals surface area contributed by atoms with Gasteiger partial charge in [0.05, 0.1) is 17.3 Å². The summed E-state index contributed by atoms with van der Waals surface area (Å²) in [7, 11) is -1.67. The number of ether oxygens (including phenoxy) is 1. The van der Waals surface area contributed by atoms with Crippen molar-refractivity contribution in [2.24, 2.45) is 5.73 Å². The van der Waals surface area contributed by atoms with Crippen molar-refractivity contribution in [2.45, 2.75) is 175 Å². The summed E-state index contributed by atoms with van der Waals surface area (Å²) in [5.41, 5.74) is 8.23. The molecule has 0 aromatic heterocycles. The molecule has 2 aliphatic carbocycles. The highest BCUT2D eigenvalue weighted by Crippen LogP contribution is 2.47. The lowest BCUT2D eigenvalue weighted by molar-refractivity contribution is -0.140. The zero-order valence-corrected chi connectivity index (χ0v) is 39.5. The highest BCUT2D eigenvalue weighted by Gasteiger charge is 2.56. The SMILES string of the molecule is C=C/C(=C\C=C/C)CC1(S(=O)NC(=O)C2(NC(=O)C3CC(OC(=O)N4CC=C(/C(C)=C\C=C/C)C4)CN3C(=O)C(N)CCCCC/C=C\CC)CC2)CC1.CC.CC.CC. The molecule has 3 fully saturated rings. The Morgan fingerprint density at radius 2 is 1.63 bits per heavy atom. The van der Waals surface area contributed by atoms with Gasteiger partial charge in [0.1, 0.15) is 28.7 Å². The topological polar surface area (TPSA) is 151 Å². The van der Waals surface area contributed by atoms with Gasteiger partial charge in [0.2, 0.25) is 11.8 Å². The number of likely N-dealkylation sites (tertiary alicyclic amines) is 1. The van der Waals surface area contributed by atoms with Crippen molar-refractivity contribution < 1.29 is 28.1 Å². The smallest absolute Gasteiger partial charge is 0.410 e. The summed E-state index contributed by atoms with van der Waals surface area (Å²) >= 11 is 0. The second kappa shape index (κ2) is 28.5. The number of unbranched alkanes of at least 4 members (excludes halogenated alkanes) is 3. The number of nitrogens with one attached hydrogen (secondary N) is 2. The fourth-order valence-corrected chi connectivity index (χ4v) is 8.20. The van der Waals surface area contributed by atoms with E-state index in [1.165, 1.54) is 4.90 Å². The predicted molar refractivity (Wildman–Crippen MR) is 249 cm³/mol. The molecule has 11 nitrogen and oxygen atoms in total. The van der Waals surface area contributed by atoms with Gasteiger partial charge in [0, 0.05) is 19.5 Å². The van der Waals surface area contributed by atoms with E-state index in [1.807, 2.05) is 105 Å². The molecule has 4 unspecified atom stereocenters. The monoisotopic (exact) mass is 854 g/mol. The molecule has 4 atom stereocenters. The van der Waals surface area contributed by atoms with Crippen LogP contribution in [0.5, 0.6) is 0 Å². The molecule has 4 amide bonds. The number of allylic oxidation sites excluding steroid dienone is 10. The van der Waals surface area contributed by atoms with Crippen molar-refractivity contribution >= 4 is 34.8 Å². The van der Waals surface area contributed by atoms with Crippen LogP contribution in [0.15, 0.2) is 84.1 Å². The summed E-state index contributed by atoms with van der Waals surface area (Å²) in [6, 6.07) is -1.81. The Kier molecular flexibility index (Phi) is 25.6. The highest BCUT2D eigenvalue weighted by molar-refractivity contribution is 7.85. The van der Waals surface area contributed by atoms with Gasteiger partial charge in [-0.15, -0.1) is 0 Å². The first-order valence-electron chi connectivity index (χ1n) is 22.6. The summed E-state index contributed by atoms with van der Waals surface area (Å²) in [4.78, 5) is 57.7. The maximum absolute atomic E-state index is 14.0. The largest absolute Gasteiger partial charge is 0.444 e. The molecule has 2 aliphatic heterocycles. The summed E-state index contributed by atoms with van der Waals surface area (Å²) in [6.45, 7) is 24.6. The van der Waals surface area contributed by atoms with Gasteiger partial charge in [0.25, 0.3) is 5.91 Å². The minimum Gasteiger partial charge on any atom is -0.444 e. The van der Waals surface area contributed by atoms with Crippen LogP contribution >= 0.6 is 0 Å². The number of rotatable bonds is 20. The Hall–Kier alpha value is -4.03. The molecule has 0 aromatic rings. The van der Waals surface area contributed by atoms with E-state index in [1.54, 1.807) is 11.0 Å². The van der Waals surface area contributed by atoms with E-state index in [4.69, 9.17) is 10.5 Å². The fraction of sp³-hybridized carbons (Fsp3) is 0.625. The number of nitrogens with zero attached hydrogens (tertiary/aromatic N) is 2. The number of hydrogen-bond donors (Lipinski definition) is 3. The normalized spacial score (nSPS) is 21.1. The van der Waals surface area contributed by atoms with Crippen LogP contribution in [0, 0.1) is 0 Å². The van der Waals surface area contributed by atoms with E-state index in [0.717, 1.165) is 48.8 Å². The fourth-order valence-electron chi connectivity index (χ4n) is 6.84. The van der Waals surface area contributed by atoms with Crippen LogP contribution in [-0.2, 0) is 30.1 Å². The second-order valence-electron chi connectivity index (χ2n) is 15.0. The predicted octanol–water partition coefficient (Wildman–Crippen LogP) is 9.22. The molecule has 0 bridgehead atoms. The van der Waals surface area contributed by atoms with Crippen LogP contribution in [0.2, 0.25) is 0 Å². The van der Waals surface area contributed by atoms with Gasteiger partial charge in [-0.1, -0.05) is 129 Å². The van der Waals surface area contributed by atoms with E-state index in [-0.39, 0.29) is 18.9 Å². The first-order chi connectivity index (χ1) is 28.9. The summed E-state index contributed by atoms with van der Waals surface area (Å²) < 4.78 is 21.5.